The average molecular weight is 270 g/mol. The van der Waals surface area contributed by atoms with Crippen molar-refractivity contribution in [3.05, 3.63) is 12.5 Å². The molecule has 1 aliphatic heterocycles. The number of aliphatic imine (C=N–C) groups is 1. The van der Waals surface area contributed by atoms with Crippen molar-refractivity contribution in [2.75, 3.05) is 6.54 Å². The Morgan fingerprint density at radius 2 is 2.39 bits per heavy atom. The second kappa shape index (κ2) is 5.01. The van der Waals surface area contributed by atoms with E-state index in [1.807, 2.05) is 6.92 Å². The SMILES string of the molecule is CCn1cnc(S(=O)(=O)N2CCCC2N=C=O)c1. The number of rotatable bonds is 4. The molecule has 1 saturated heterocycles. The van der Waals surface area contributed by atoms with Crippen molar-refractivity contribution in [1.82, 2.24) is 13.9 Å². The molecule has 7 nitrogen and oxygen atoms in total. The van der Waals surface area contributed by atoms with Gasteiger partial charge in [-0.05, 0) is 19.8 Å². The van der Waals surface area contributed by atoms with Gasteiger partial charge < -0.3 is 4.57 Å². The number of imidazole rings is 1. The maximum absolute atomic E-state index is 12.3. The van der Waals surface area contributed by atoms with Crippen LogP contribution in [0, 0.1) is 0 Å². The van der Waals surface area contributed by atoms with Crippen LogP contribution in [0.5, 0.6) is 0 Å². The fraction of sp³-hybridized carbons (Fsp3) is 0.600. The van der Waals surface area contributed by atoms with Gasteiger partial charge in [-0.15, -0.1) is 0 Å². The van der Waals surface area contributed by atoms with E-state index in [0.29, 0.717) is 25.9 Å². The predicted molar refractivity (Wildman–Crippen MR) is 62.9 cm³/mol. The first-order valence-electron chi connectivity index (χ1n) is 5.70. The van der Waals surface area contributed by atoms with Gasteiger partial charge in [0, 0.05) is 19.3 Å². The van der Waals surface area contributed by atoms with Gasteiger partial charge in [-0.1, -0.05) is 0 Å². The minimum atomic E-state index is -3.67. The van der Waals surface area contributed by atoms with Crippen molar-refractivity contribution in [3.63, 3.8) is 0 Å². The summed E-state index contributed by atoms with van der Waals surface area (Å²) in [6.07, 6.45) is 4.97. The number of aromatic nitrogens is 2. The number of carbonyl (C=O) groups excluding carboxylic acids is 1. The lowest BCUT2D eigenvalue weighted by atomic mass is 10.3. The zero-order valence-electron chi connectivity index (χ0n) is 9.98. The molecular formula is C10H14N4O3S. The number of sulfonamides is 1. The van der Waals surface area contributed by atoms with E-state index in [-0.39, 0.29) is 5.03 Å². The molecule has 0 aromatic carbocycles. The Kier molecular flexibility index (Phi) is 3.60. The third kappa shape index (κ3) is 2.22. The van der Waals surface area contributed by atoms with Gasteiger partial charge in [-0.2, -0.15) is 9.30 Å². The Bertz CT molecular complexity index is 574. The lowest BCUT2D eigenvalue weighted by Crippen LogP contribution is -2.34. The summed E-state index contributed by atoms with van der Waals surface area (Å²) in [7, 11) is -3.67. The number of aryl methyl sites for hydroxylation is 1. The van der Waals surface area contributed by atoms with Crippen molar-refractivity contribution < 1.29 is 13.2 Å². The Hall–Kier alpha value is -1.50. The highest BCUT2D eigenvalue weighted by Gasteiger charge is 2.36. The minimum absolute atomic E-state index is 0.00245. The molecule has 1 aliphatic rings. The second-order valence-corrected chi connectivity index (χ2v) is 5.84. The molecule has 8 heteroatoms. The molecule has 0 aliphatic carbocycles. The Morgan fingerprint density at radius 1 is 1.61 bits per heavy atom. The highest BCUT2D eigenvalue weighted by molar-refractivity contribution is 7.89. The maximum atomic E-state index is 12.3. The van der Waals surface area contributed by atoms with Crippen LogP contribution in [-0.2, 0) is 21.4 Å². The number of nitrogens with zero attached hydrogens (tertiary/aromatic N) is 4. The molecule has 0 N–H and O–H groups in total. The van der Waals surface area contributed by atoms with Crippen LogP contribution in [0.3, 0.4) is 0 Å². The normalized spacial score (nSPS) is 20.8. The summed E-state index contributed by atoms with van der Waals surface area (Å²) < 4.78 is 27.5. The third-order valence-electron chi connectivity index (χ3n) is 2.92. The molecule has 0 bridgehead atoms. The summed E-state index contributed by atoms with van der Waals surface area (Å²) in [6.45, 7) is 2.91. The highest BCUT2D eigenvalue weighted by atomic mass is 32.2. The molecule has 2 heterocycles. The van der Waals surface area contributed by atoms with E-state index in [2.05, 4.69) is 9.98 Å². The molecule has 1 unspecified atom stereocenters. The summed E-state index contributed by atoms with van der Waals surface area (Å²) in [6, 6.07) is 0. The molecule has 1 fully saturated rings. The van der Waals surface area contributed by atoms with Gasteiger partial charge in [-0.25, -0.2) is 18.2 Å². The number of hydrogen-bond acceptors (Lipinski definition) is 5. The van der Waals surface area contributed by atoms with Gasteiger partial charge in [0.1, 0.15) is 6.17 Å². The molecular weight excluding hydrogens is 256 g/mol. The van der Waals surface area contributed by atoms with E-state index in [9.17, 15) is 13.2 Å². The van der Waals surface area contributed by atoms with Gasteiger partial charge in [0.2, 0.25) is 6.08 Å². The van der Waals surface area contributed by atoms with Gasteiger partial charge in [0.25, 0.3) is 10.0 Å². The molecule has 1 aromatic rings. The average Bonchev–Trinajstić information content (AvgIpc) is 2.97. The van der Waals surface area contributed by atoms with Crippen LogP contribution in [0.25, 0.3) is 0 Å². The van der Waals surface area contributed by atoms with Gasteiger partial charge in [0.15, 0.2) is 5.03 Å². The van der Waals surface area contributed by atoms with Gasteiger partial charge in [-0.3, -0.25) is 0 Å². The Labute approximate surface area is 105 Å². The fourth-order valence-electron chi connectivity index (χ4n) is 1.96. The van der Waals surface area contributed by atoms with Crippen LogP contribution in [0.1, 0.15) is 19.8 Å². The van der Waals surface area contributed by atoms with E-state index in [1.165, 1.54) is 22.9 Å². The predicted octanol–water partition coefficient (Wildman–Crippen LogP) is 0.349. The Morgan fingerprint density at radius 3 is 3.00 bits per heavy atom. The lowest BCUT2D eigenvalue weighted by molar-refractivity contribution is 0.394. The quantitative estimate of drug-likeness (QED) is 0.583. The standard InChI is InChI=1S/C10H14N4O3S/c1-2-13-6-10(11-7-13)18(16,17)14-5-3-4-9(14)12-8-15/h6-7,9H,2-5H2,1H3. The van der Waals surface area contributed by atoms with Gasteiger partial charge in [0.05, 0.1) is 6.33 Å². The van der Waals surface area contributed by atoms with Crippen molar-refractivity contribution >= 4 is 16.1 Å². The molecule has 18 heavy (non-hydrogen) atoms. The summed E-state index contributed by atoms with van der Waals surface area (Å²) in [5, 5.41) is -0.00245. The molecule has 0 spiro atoms. The molecule has 2 rings (SSSR count). The van der Waals surface area contributed by atoms with E-state index in [1.54, 1.807) is 4.57 Å². The van der Waals surface area contributed by atoms with Crippen LogP contribution >= 0.6 is 0 Å². The number of hydrogen-bond donors (Lipinski definition) is 0. The monoisotopic (exact) mass is 270 g/mol. The fourth-order valence-corrected chi connectivity index (χ4v) is 3.49. The molecule has 98 valence electrons. The van der Waals surface area contributed by atoms with Crippen molar-refractivity contribution in [3.8, 4) is 0 Å². The number of isocyanates is 1. The van der Waals surface area contributed by atoms with E-state index in [0.717, 1.165) is 0 Å². The van der Waals surface area contributed by atoms with Gasteiger partial charge >= 0.3 is 0 Å². The smallest absolute Gasteiger partial charge is 0.263 e. The summed E-state index contributed by atoms with van der Waals surface area (Å²) >= 11 is 0. The van der Waals surface area contributed by atoms with E-state index >= 15 is 0 Å². The first-order chi connectivity index (χ1) is 8.59. The zero-order valence-corrected chi connectivity index (χ0v) is 10.8. The van der Waals surface area contributed by atoms with Crippen molar-refractivity contribution in [2.24, 2.45) is 4.99 Å². The van der Waals surface area contributed by atoms with Crippen LogP contribution in [0.4, 0.5) is 0 Å². The lowest BCUT2D eigenvalue weighted by Gasteiger charge is -2.18. The molecule has 1 atom stereocenters. The van der Waals surface area contributed by atoms with Crippen LogP contribution < -0.4 is 0 Å². The first kappa shape index (κ1) is 12.9. The topological polar surface area (TPSA) is 84.6 Å². The summed E-state index contributed by atoms with van der Waals surface area (Å²) in [5.74, 6) is 0. The summed E-state index contributed by atoms with van der Waals surface area (Å²) in [4.78, 5) is 17.7. The first-order valence-corrected chi connectivity index (χ1v) is 7.14. The van der Waals surface area contributed by atoms with Crippen molar-refractivity contribution in [2.45, 2.75) is 37.5 Å². The molecule has 1 aromatic heterocycles. The largest absolute Gasteiger partial charge is 0.336 e. The maximum Gasteiger partial charge on any atom is 0.263 e. The van der Waals surface area contributed by atoms with E-state index < -0.39 is 16.2 Å². The van der Waals surface area contributed by atoms with E-state index in [4.69, 9.17) is 0 Å². The molecule has 0 amide bonds. The van der Waals surface area contributed by atoms with Crippen molar-refractivity contribution in [1.29, 1.82) is 0 Å². The molecule has 0 radical (unpaired) electrons. The Balaban J connectivity index is 2.33. The summed E-state index contributed by atoms with van der Waals surface area (Å²) in [5.41, 5.74) is 0. The van der Waals surface area contributed by atoms with Crippen LogP contribution in [0.15, 0.2) is 22.5 Å². The van der Waals surface area contributed by atoms with Crippen LogP contribution in [0.2, 0.25) is 0 Å². The highest BCUT2D eigenvalue weighted by Crippen LogP contribution is 2.25. The molecule has 0 saturated carbocycles. The second-order valence-electron chi connectivity index (χ2n) is 4.00. The minimum Gasteiger partial charge on any atom is -0.336 e. The third-order valence-corrected chi connectivity index (χ3v) is 4.71. The van der Waals surface area contributed by atoms with Crippen LogP contribution in [-0.4, -0.2) is 41.1 Å². The zero-order chi connectivity index (χ0) is 13.2.